The van der Waals surface area contributed by atoms with Gasteiger partial charge in [-0.15, -0.1) is 0 Å². The van der Waals surface area contributed by atoms with Crippen molar-refractivity contribution >= 4 is 45.2 Å². The van der Waals surface area contributed by atoms with Crippen LogP contribution in [0.3, 0.4) is 0 Å². The monoisotopic (exact) mass is 355 g/mol. The summed E-state index contributed by atoms with van der Waals surface area (Å²) in [5, 5.41) is 17.6. The van der Waals surface area contributed by atoms with Crippen molar-refractivity contribution < 1.29 is 28.2 Å². The summed E-state index contributed by atoms with van der Waals surface area (Å²) in [7, 11) is -4.19. The van der Waals surface area contributed by atoms with Gasteiger partial charge < -0.3 is 10.2 Å². The van der Waals surface area contributed by atoms with E-state index in [9.17, 15) is 18.0 Å². The largest absolute Gasteiger partial charge is 0.481 e. The minimum atomic E-state index is -4.19. The molecule has 1 atom stereocenters. The Kier molecular flexibility index (Phi) is 5.97. The second-order valence-electron chi connectivity index (χ2n) is 4.05. The molecule has 0 saturated carbocycles. The highest BCUT2D eigenvalue weighted by atomic mass is 35.5. The molecule has 1 aromatic rings. The van der Waals surface area contributed by atoms with Crippen molar-refractivity contribution in [3.8, 4) is 0 Å². The predicted octanol–water partition coefficient (Wildman–Crippen LogP) is 1.59. The predicted molar refractivity (Wildman–Crippen MR) is 75.1 cm³/mol. The van der Waals surface area contributed by atoms with Crippen LogP contribution in [0.25, 0.3) is 0 Å². The molecule has 0 fully saturated rings. The fourth-order valence-electron chi connectivity index (χ4n) is 1.44. The van der Waals surface area contributed by atoms with Gasteiger partial charge in [0, 0.05) is 16.5 Å². The van der Waals surface area contributed by atoms with E-state index in [1.807, 2.05) is 4.72 Å². The number of rotatable bonds is 7. The third-order valence-electron chi connectivity index (χ3n) is 2.39. The molecule has 10 heteroatoms. The average Bonchev–Trinajstić information content (AvgIpc) is 2.32. The standard InChI is InChI=1S/C11H11Cl2NO6S/c12-6-3-7(13)5-8(4-6)21(19,20)14-9(11(17)18)1-2-10(15)16/h3-5,9,14H,1-2H2,(H,15,16)(H,17,18)/t9-/m0/s1. The highest BCUT2D eigenvalue weighted by molar-refractivity contribution is 7.89. The molecule has 0 unspecified atom stereocenters. The van der Waals surface area contributed by atoms with Crippen LogP contribution < -0.4 is 4.72 Å². The number of halogens is 2. The molecular weight excluding hydrogens is 345 g/mol. The first-order valence-corrected chi connectivity index (χ1v) is 7.79. The van der Waals surface area contributed by atoms with E-state index in [0.717, 1.165) is 12.1 Å². The van der Waals surface area contributed by atoms with Gasteiger partial charge >= 0.3 is 11.9 Å². The van der Waals surface area contributed by atoms with Crippen LogP contribution in [-0.2, 0) is 19.6 Å². The summed E-state index contributed by atoms with van der Waals surface area (Å²) in [6.07, 6.45) is -0.881. The zero-order valence-electron chi connectivity index (χ0n) is 10.4. The second kappa shape index (κ2) is 7.08. The van der Waals surface area contributed by atoms with E-state index in [0.29, 0.717) is 0 Å². The molecule has 0 spiro atoms. The van der Waals surface area contributed by atoms with Gasteiger partial charge in [-0.3, -0.25) is 9.59 Å². The molecular formula is C11H11Cl2NO6S. The SMILES string of the molecule is O=C(O)CC[C@H](NS(=O)(=O)c1cc(Cl)cc(Cl)c1)C(=O)O. The normalized spacial score (nSPS) is 12.9. The first kappa shape index (κ1) is 17.7. The van der Waals surface area contributed by atoms with Crippen LogP contribution in [-0.4, -0.2) is 36.6 Å². The lowest BCUT2D eigenvalue weighted by molar-refractivity contribution is -0.140. The molecule has 1 rings (SSSR count). The average molecular weight is 356 g/mol. The molecule has 116 valence electrons. The lowest BCUT2D eigenvalue weighted by Gasteiger charge is -2.14. The molecule has 0 bridgehead atoms. The number of hydrogen-bond acceptors (Lipinski definition) is 4. The second-order valence-corrected chi connectivity index (χ2v) is 6.64. The van der Waals surface area contributed by atoms with Crippen molar-refractivity contribution in [3.05, 3.63) is 28.2 Å². The molecule has 0 heterocycles. The van der Waals surface area contributed by atoms with Crippen molar-refractivity contribution in [1.82, 2.24) is 4.72 Å². The molecule has 0 radical (unpaired) electrons. The Labute approximate surface area is 130 Å². The number of carboxylic acid groups (broad SMARTS) is 2. The number of carboxylic acids is 2. The van der Waals surface area contributed by atoms with E-state index in [-0.39, 0.29) is 14.9 Å². The fraction of sp³-hybridized carbons (Fsp3) is 0.273. The van der Waals surface area contributed by atoms with Gasteiger partial charge in [-0.05, 0) is 24.6 Å². The number of sulfonamides is 1. The molecule has 0 amide bonds. The Morgan fingerprint density at radius 1 is 1.14 bits per heavy atom. The van der Waals surface area contributed by atoms with Gasteiger partial charge in [-0.25, -0.2) is 8.42 Å². The van der Waals surface area contributed by atoms with Crippen molar-refractivity contribution in [2.45, 2.75) is 23.8 Å². The first-order chi connectivity index (χ1) is 9.61. The number of carbonyl (C=O) groups is 2. The maximum Gasteiger partial charge on any atom is 0.321 e. The summed E-state index contributed by atoms with van der Waals surface area (Å²) in [6.45, 7) is 0. The van der Waals surface area contributed by atoms with Gasteiger partial charge in [0.05, 0.1) is 4.90 Å². The van der Waals surface area contributed by atoms with E-state index >= 15 is 0 Å². The number of aliphatic carboxylic acids is 2. The van der Waals surface area contributed by atoms with Crippen LogP contribution >= 0.6 is 23.2 Å². The van der Waals surface area contributed by atoms with Gasteiger partial charge in [0.2, 0.25) is 10.0 Å². The number of hydrogen-bond donors (Lipinski definition) is 3. The van der Waals surface area contributed by atoms with Crippen LogP contribution in [0.4, 0.5) is 0 Å². The molecule has 7 nitrogen and oxygen atoms in total. The topological polar surface area (TPSA) is 121 Å². The summed E-state index contributed by atoms with van der Waals surface area (Å²) < 4.78 is 26.0. The van der Waals surface area contributed by atoms with Crippen LogP contribution in [0.1, 0.15) is 12.8 Å². The van der Waals surface area contributed by atoms with E-state index in [1.54, 1.807) is 0 Å². The summed E-state index contributed by atoms with van der Waals surface area (Å²) in [6, 6.07) is 1.96. The zero-order valence-corrected chi connectivity index (χ0v) is 12.7. The van der Waals surface area contributed by atoms with Crippen molar-refractivity contribution in [3.63, 3.8) is 0 Å². The molecule has 3 N–H and O–H groups in total. The van der Waals surface area contributed by atoms with Crippen molar-refractivity contribution in [2.24, 2.45) is 0 Å². The Hall–Kier alpha value is -1.35. The quantitative estimate of drug-likeness (QED) is 0.682. The summed E-state index contributed by atoms with van der Waals surface area (Å²) in [4.78, 5) is 21.1. The Bertz CT molecular complexity index is 640. The number of benzene rings is 1. The smallest absolute Gasteiger partial charge is 0.321 e. The molecule has 0 saturated heterocycles. The molecule has 21 heavy (non-hydrogen) atoms. The van der Waals surface area contributed by atoms with E-state index in [2.05, 4.69) is 0 Å². The van der Waals surface area contributed by atoms with E-state index in [1.165, 1.54) is 6.07 Å². The summed E-state index contributed by atoms with van der Waals surface area (Å²) >= 11 is 11.4. The number of nitrogens with one attached hydrogen (secondary N) is 1. The first-order valence-electron chi connectivity index (χ1n) is 5.55. The maximum absolute atomic E-state index is 12.1. The van der Waals surface area contributed by atoms with Gasteiger partial charge in [0.25, 0.3) is 0 Å². The Morgan fingerprint density at radius 2 is 1.67 bits per heavy atom. The van der Waals surface area contributed by atoms with E-state index < -0.39 is 40.8 Å². The summed E-state index contributed by atoms with van der Waals surface area (Å²) in [5.41, 5.74) is 0. The third-order valence-corrected chi connectivity index (χ3v) is 4.28. The molecule has 0 aliphatic carbocycles. The highest BCUT2D eigenvalue weighted by Crippen LogP contribution is 2.22. The minimum absolute atomic E-state index is 0.0697. The van der Waals surface area contributed by atoms with Crippen molar-refractivity contribution in [2.75, 3.05) is 0 Å². The fourth-order valence-corrected chi connectivity index (χ4v) is 3.39. The van der Waals surface area contributed by atoms with Gasteiger partial charge in [-0.1, -0.05) is 23.2 Å². The third kappa shape index (κ3) is 5.50. The van der Waals surface area contributed by atoms with Crippen LogP contribution in [0.15, 0.2) is 23.1 Å². The minimum Gasteiger partial charge on any atom is -0.481 e. The zero-order chi connectivity index (χ0) is 16.2. The highest BCUT2D eigenvalue weighted by Gasteiger charge is 2.26. The van der Waals surface area contributed by atoms with Crippen LogP contribution in [0, 0.1) is 0 Å². The van der Waals surface area contributed by atoms with Crippen molar-refractivity contribution in [1.29, 1.82) is 0 Å². The molecule has 0 aromatic heterocycles. The van der Waals surface area contributed by atoms with Gasteiger partial charge in [-0.2, -0.15) is 4.72 Å². The van der Waals surface area contributed by atoms with Crippen LogP contribution in [0.5, 0.6) is 0 Å². The lowest BCUT2D eigenvalue weighted by atomic mass is 10.2. The molecule has 1 aromatic carbocycles. The molecule has 0 aliphatic heterocycles. The van der Waals surface area contributed by atoms with Gasteiger partial charge in [0.15, 0.2) is 0 Å². The Balaban J connectivity index is 3.00. The molecule has 0 aliphatic rings. The lowest BCUT2D eigenvalue weighted by Crippen LogP contribution is -2.41. The summed E-state index contributed by atoms with van der Waals surface area (Å²) in [5.74, 6) is -2.71. The maximum atomic E-state index is 12.1. The van der Waals surface area contributed by atoms with E-state index in [4.69, 9.17) is 33.4 Å². The van der Waals surface area contributed by atoms with Gasteiger partial charge in [0.1, 0.15) is 6.04 Å². The Morgan fingerprint density at radius 3 is 2.10 bits per heavy atom. The van der Waals surface area contributed by atoms with Crippen LogP contribution in [0.2, 0.25) is 10.0 Å².